The summed E-state index contributed by atoms with van der Waals surface area (Å²) in [5.74, 6) is -0.255. The summed E-state index contributed by atoms with van der Waals surface area (Å²) in [6.45, 7) is 0.878. The van der Waals surface area contributed by atoms with Gasteiger partial charge in [-0.2, -0.15) is 0 Å². The molecular formula is C25H24N2O3. The maximum atomic E-state index is 12.8. The minimum Gasteiger partial charge on any atom is -0.356 e. The smallest absolute Gasteiger partial charge is 0.277 e. The van der Waals surface area contributed by atoms with E-state index < -0.39 is 5.91 Å². The predicted molar refractivity (Wildman–Crippen MR) is 114 cm³/mol. The van der Waals surface area contributed by atoms with Gasteiger partial charge in [-0.3, -0.25) is 14.8 Å². The molecule has 2 N–H and O–H groups in total. The van der Waals surface area contributed by atoms with Gasteiger partial charge in [0, 0.05) is 12.1 Å². The van der Waals surface area contributed by atoms with E-state index in [0.717, 1.165) is 64.8 Å². The van der Waals surface area contributed by atoms with E-state index in [0.29, 0.717) is 5.56 Å². The maximum absolute atomic E-state index is 12.8. The van der Waals surface area contributed by atoms with Crippen molar-refractivity contribution in [1.82, 2.24) is 10.4 Å². The van der Waals surface area contributed by atoms with Gasteiger partial charge in [-0.15, -0.1) is 0 Å². The lowest BCUT2D eigenvalue weighted by Crippen LogP contribution is -2.36. The second kappa shape index (κ2) is 7.26. The average Bonchev–Trinajstić information content (AvgIpc) is 3.12. The van der Waals surface area contributed by atoms with Crippen LogP contribution in [0.15, 0.2) is 60.7 Å². The number of nitrogens with one attached hydrogen (secondary N) is 1. The summed E-state index contributed by atoms with van der Waals surface area (Å²) >= 11 is 0. The molecule has 1 atom stereocenters. The molecule has 0 aromatic heterocycles. The maximum Gasteiger partial charge on any atom is 0.277 e. The van der Waals surface area contributed by atoms with Gasteiger partial charge < -0.3 is 5.32 Å². The SMILES string of the molecule is O=C(c1ccc2c(c1)CC[C@]1(CCNC1=O)C2)N(O)Cc1ccc2ccccc2c1. The van der Waals surface area contributed by atoms with Crippen LogP contribution < -0.4 is 5.32 Å². The van der Waals surface area contributed by atoms with Crippen LogP contribution >= 0.6 is 0 Å². The van der Waals surface area contributed by atoms with Gasteiger partial charge in [-0.25, -0.2) is 5.06 Å². The first-order valence-corrected chi connectivity index (χ1v) is 10.4. The van der Waals surface area contributed by atoms with Crippen molar-refractivity contribution in [3.63, 3.8) is 0 Å². The number of hydrogen-bond acceptors (Lipinski definition) is 3. The number of hydrogen-bond donors (Lipinski definition) is 2. The number of aryl methyl sites for hydroxylation is 1. The fraction of sp³-hybridized carbons (Fsp3) is 0.280. The first-order chi connectivity index (χ1) is 14.5. The largest absolute Gasteiger partial charge is 0.356 e. The lowest BCUT2D eigenvalue weighted by atomic mass is 9.70. The molecule has 3 aromatic rings. The van der Waals surface area contributed by atoms with Crippen LogP contribution in [0.3, 0.4) is 0 Å². The van der Waals surface area contributed by atoms with Gasteiger partial charge in [0.1, 0.15) is 0 Å². The van der Waals surface area contributed by atoms with Crippen LogP contribution in [0.2, 0.25) is 0 Å². The molecular weight excluding hydrogens is 376 g/mol. The second-order valence-electron chi connectivity index (χ2n) is 8.49. The summed E-state index contributed by atoms with van der Waals surface area (Å²) in [6.07, 6.45) is 3.19. The zero-order valence-corrected chi connectivity index (χ0v) is 16.7. The summed E-state index contributed by atoms with van der Waals surface area (Å²) in [5, 5.41) is 16.4. The van der Waals surface area contributed by atoms with E-state index in [-0.39, 0.29) is 17.9 Å². The van der Waals surface area contributed by atoms with Crippen molar-refractivity contribution in [3.8, 4) is 0 Å². The van der Waals surface area contributed by atoms with E-state index in [9.17, 15) is 14.8 Å². The van der Waals surface area contributed by atoms with Crippen LogP contribution in [0.5, 0.6) is 0 Å². The molecule has 5 rings (SSSR count). The van der Waals surface area contributed by atoms with Crippen LogP contribution in [0.4, 0.5) is 0 Å². The van der Waals surface area contributed by atoms with Crippen molar-refractivity contribution < 1.29 is 14.8 Å². The molecule has 152 valence electrons. The third-order valence-electron chi connectivity index (χ3n) is 6.61. The molecule has 5 heteroatoms. The number of carbonyl (C=O) groups excluding carboxylic acids is 2. The van der Waals surface area contributed by atoms with Gasteiger partial charge >= 0.3 is 0 Å². The van der Waals surface area contributed by atoms with Crippen LogP contribution in [0, 0.1) is 5.41 Å². The first-order valence-electron chi connectivity index (χ1n) is 10.4. The van der Waals surface area contributed by atoms with Crippen LogP contribution in [-0.2, 0) is 24.2 Å². The highest BCUT2D eigenvalue weighted by molar-refractivity contribution is 5.94. The summed E-state index contributed by atoms with van der Waals surface area (Å²) in [6, 6.07) is 19.5. The summed E-state index contributed by atoms with van der Waals surface area (Å²) in [7, 11) is 0. The Kier molecular flexibility index (Phi) is 4.55. The quantitative estimate of drug-likeness (QED) is 0.518. The molecule has 2 amide bonds. The van der Waals surface area contributed by atoms with Gasteiger partial charge in [0.05, 0.1) is 12.0 Å². The van der Waals surface area contributed by atoms with E-state index in [4.69, 9.17) is 0 Å². The minimum absolute atomic E-state index is 0.129. The van der Waals surface area contributed by atoms with Crippen molar-refractivity contribution in [2.45, 2.75) is 32.2 Å². The van der Waals surface area contributed by atoms with E-state index >= 15 is 0 Å². The Balaban J connectivity index is 1.33. The Bertz CT molecular complexity index is 1160. The first kappa shape index (κ1) is 18.8. The highest BCUT2D eigenvalue weighted by atomic mass is 16.5. The predicted octanol–water partition coefficient (Wildman–Crippen LogP) is 3.87. The summed E-state index contributed by atoms with van der Waals surface area (Å²) < 4.78 is 0. The van der Waals surface area contributed by atoms with Crippen molar-refractivity contribution in [1.29, 1.82) is 0 Å². The number of hydroxylamine groups is 2. The van der Waals surface area contributed by atoms with E-state index in [1.807, 2.05) is 54.6 Å². The third kappa shape index (κ3) is 3.25. The molecule has 1 saturated heterocycles. The van der Waals surface area contributed by atoms with Crippen molar-refractivity contribution in [2.24, 2.45) is 5.41 Å². The molecule has 1 fully saturated rings. The molecule has 0 bridgehead atoms. The van der Waals surface area contributed by atoms with Crippen molar-refractivity contribution >= 4 is 22.6 Å². The van der Waals surface area contributed by atoms with Gasteiger partial charge in [-0.05, 0) is 71.3 Å². The molecule has 0 saturated carbocycles. The standard InChI is InChI=1S/C25H24N2O3/c28-23(27(30)16-17-5-6-18-3-1-2-4-19(18)13-17)21-7-8-22-15-25(10-9-20(22)14-21)11-12-26-24(25)29/h1-8,13-14,30H,9-12,15-16H2,(H,26,29)/t25-/m0/s1. The zero-order chi connectivity index (χ0) is 20.7. The number of carbonyl (C=O) groups is 2. The number of rotatable bonds is 3. The lowest BCUT2D eigenvalue weighted by Gasteiger charge is -2.32. The molecule has 3 aromatic carbocycles. The van der Waals surface area contributed by atoms with Crippen molar-refractivity contribution in [2.75, 3.05) is 6.54 Å². The van der Waals surface area contributed by atoms with Gasteiger partial charge in [0.15, 0.2) is 0 Å². The summed E-state index contributed by atoms with van der Waals surface area (Å²) in [5.41, 5.74) is 3.30. The Labute approximate surface area is 175 Å². The van der Waals surface area contributed by atoms with Crippen LogP contribution in [0.1, 0.15) is 39.9 Å². The Morgan fingerprint density at radius 3 is 2.63 bits per heavy atom. The molecule has 0 unspecified atom stereocenters. The fourth-order valence-corrected chi connectivity index (χ4v) is 4.85. The molecule has 1 spiro atoms. The van der Waals surface area contributed by atoms with Gasteiger partial charge in [0.25, 0.3) is 5.91 Å². The Morgan fingerprint density at radius 2 is 1.83 bits per heavy atom. The zero-order valence-electron chi connectivity index (χ0n) is 16.7. The Hall–Kier alpha value is -3.18. The number of fused-ring (bicyclic) bond motifs is 2. The molecule has 1 heterocycles. The van der Waals surface area contributed by atoms with Crippen molar-refractivity contribution in [3.05, 3.63) is 82.9 Å². The molecule has 5 nitrogen and oxygen atoms in total. The van der Waals surface area contributed by atoms with E-state index in [1.165, 1.54) is 0 Å². The normalized spacial score (nSPS) is 20.2. The number of amides is 2. The third-order valence-corrected chi connectivity index (χ3v) is 6.61. The number of benzene rings is 3. The monoisotopic (exact) mass is 400 g/mol. The fourth-order valence-electron chi connectivity index (χ4n) is 4.85. The van der Waals surface area contributed by atoms with Gasteiger partial charge in [0.2, 0.25) is 5.91 Å². The lowest BCUT2D eigenvalue weighted by molar-refractivity contribution is -0.128. The summed E-state index contributed by atoms with van der Waals surface area (Å²) in [4.78, 5) is 25.1. The average molecular weight is 400 g/mol. The number of nitrogens with zero attached hydrogens (tertiary/aromatic N) is 1. The minimum atomic E-state index is -0.412. The molecule has 1 aliphatic carbocycles. The Morgan fingerprint density at radius 1 is 1.00 bits per heavy atom. The second-order valence-corrected chi connectivity index (χ2v) is 8.49. The van der Waals surface area contributed by atoms with Crippen LogP contribution in [0.25, 0.3) is 10.8 Å². The topological polar surface area (TPSA) is 69.6 Å². The highest BCUT2D eigenvalue weighted by Gasteiger charge is 2.44. The molecule has 2 aliphatic rings. The van der Waals surface area contributed by atoms with E-state index in [2.05, 4.69) is 5.32 Å². The molecule has 0 radical (unpaired) electrons. The van der Waals surface area contributed by atoms with Crippen LogP contribution in [-0.4, -0.2) is 28.6 Å². The van der Waals surface area contributed by atoms with E-state index in [1.54, 1.807) is 6.07 Å². The van der Waals surface area contributed by atoms with Gasteiger partial charge in [-0.1, -0.05) is 42.5 Å². The highest BCUT2D eigenvalue weighted by Crippen LogP contribution is 2.41. The molecule has 30 heavy (non-hydrogen) atoms. The molecule has 1 aliphatic heterocycles.